The summed E-state index contributed by atoms with van der Waals surface area (Å²) in [6, 6.07) is 13.0. The molecule has 0 aliphatic carbocycles. The number of carboxylic acids is 1. The summed E-state index contributed by atoms with van der Waals surface area (Å²) in [6.07, 6.45) is -0.0979. The standard InChI is InChI=1S/C17H17NO4/c19-16(20)10-15-11-22-8-7-18(15)17(21)14-6-5-12-3-1-2-4-13(12)9-14/h1-6,9,15H,7-8,10-11H2,(H,19,20). The van der Waals surface area contributed by atoms with Crippen LogP contribution in [0, 0.1) is 0 Å². The number of carbonyl (C=O) groups is 2. The molecule has 0 radical (unpaired) electrons. The van der Waals surface area contributed by atoms with E-state index in [4.69, 9.17) is 9.84 Å². The first-order valence-electron chi connectivity index (χ1n) is 7.24. The molecule has 1 amide bonds. The summed E-state index contributed by atoms with van der Waals surface area (Å²) in [4.78, 5) is 25.3. The molecule has 0 aromatic heterocycles. The third-order valence-electron chi connectivity index (χ3n) is 3.90. The molecular weight excluding hydrogens is 282 g/mol. The van der Waals surface area contributed by atoms with Crippen molar-refractivity contribution in [1.82, 2.24) is 4.90 Å². The fourth-order valence-electron chi connectivity index (χ4n) is 2.78. The van der Waals surface area contributed by atoms with Crippen molar-refractivity contribution in [3.8, 4) is 0 Å². The van der Waals surface area contributed by atoms with Crippen LogP contribution in [0.4, 0.5) is 0 Å². The van der Waals surface area contributed by atoms with Crippen molar-refractivity contribution < 1.29 is 19.4 Å². The second-order valence-electron chi connectivity index (χ2n) is 5.39. The van der Waals surface area contributed by atoms with Gasteiger partial charge in [0.15, 0.2) is 0 Å². The zero-order valence-electron chi connectivity index (χ0n) is 12.1. The minimum atomic E-state index is -0.924. The fraction of sp³-hybridized carbons (Fsp3) is 0.294. The van der Waals surface area contributed by atoms with Gasteiger partial charge in [0.1, 0.15) is 0 Å². The summed E-state index contributed by atoms with van der Waals surface area (Å²) >= 11 is 0. The summed E-state index contributed by atoms with van der Waals surface area (Å²) in [5.74, 6) is -1.06. The molecule has 0 bridgehead atoms. The molecular formula is C17H17NO4. The van der Waals surface area contributed by atoms with Crippen LogP contribution >= 0.6 is 0 Å². The Morgan fingerprint density at radius 1 is 1.18 bits per heavy atom. The number of morpholine rings is 1. The normalized spacial score (nSPS) is 18.4. The zero-order valence-corrected chi connectivity index (χ0v) is 12.1. The summed E-state index contributed by atoms with van der Waals surface area (Å²) in [7, 11) is 0. The van der Waals surface area contributed by atoms with E-state index in [1.165, 1.54) is 0 Å². The number of aliphatic carboxylic acids is 1. The molecule has 1 N–H and O–H groups in total. The number of fused-ring (bicyclic) bond motifs is 1. The van der Waals surface area contributed by atoms with E-state index in [-0.39, 0.29) is 18.9 Å². The third-order valence-corrected chi connectivity index (χ3v) is 3.90. The molecule has 5 heteroatoms. The smallest absolute Gasteiger partial charge is 0.305 e. The van der Waals surface area contributed by atoms with Crippen molar-refractivity contribution in [3.05, 3.63) is 48.0 Å². The molecule has 5 nitrogen and oxygen atoms in total. The first kappa shape index (κ1) is 14.5. The van der Waals surface area contributed by atoms with Gasteiger partial charge in [-0.25, -0.2) is 0 Å². The Kier molecular flexibility index (Phi) is 4.06. The summed E-state index contributed by atoms with van der Waals surface area (Å²) in [6.45, 7) is 1.13. The van der Waals surface area contributed by atoms with Gasteiger partial charge in [0.05, 0.1) is 25.7 Å². The van der Waals surface area contributed by atoms with Gasteiger partial charge in [-0.05, 0) is 22.9 Å². The maximum Gasteiger partial charge on any atom is 0.305 e. The van der Waals surface area contributed by atoms with Crippen LogP contribution in [-0.2, 0) is 9.53 Å². The molecule has 1 aliphatic heterocycles. The van der Waals surface area contributed by atoms with E-state index in [1.807, 2.05) is 36.4 Å². The topological polar surface area (TPSA) is 66.8 Å². The van der Waals surface area contributed by atoms with Crippen molar-refractivity contribution in [2.45, 2.75) is 12.5 Å². The van der Waals surface area contributed by atoms with Crippen molar-refractivity contribution >= 4 is 22.6 Å². The van der Waals surface area contributed by atoms with Gasteiger partial charge >= 0.3 is 5.97 Å². The van der Waals surface area contributed by atoms with E-state index in [2.05, 4.69) is 0 Å². The predicted molar refractivity (Wildman–Crippen MR) is 81.8 cm³/mol. The van der Waals surface area contributed by atoms with Crippen LogP contribution in [0.2, 0.25) is 0 Å². The molecule has 3 rings (SSSR count). The minimum Gasteiger partial charge on any atom is -0.481 e. The Bertz CT molecular complexity index is 713. The average molecular weight is 299 g/mol. The molecule has 1 unspecified atom stereocenters. The molecule has 1 fully saturated rings. The molecule has 1 saturated heterocycles. The number of hydrogen-bond acceptors (Lipinski definition) is 3. The minimum absolute atomic E-state index is 0.0979. The van der Waals surface area contributed by atoms with Gasteiger partial charge in [-0.3, -0.25) is 9.59 Å². The molecule has 0 spiro atoms. The zero-order chi connectivity index (χ0) is 15.5. The summed E-state index contributed by atoms with van der Waals surface area (Å²) in [5.41, 5.74) is 0.580. The Morgan fingerprint density at radius 2 is 1.95 bits per heavy atom. The van der Waals surface area contributed by atoms with Crippen LogP contribution in [0.5, 0.6) is 0 Å². The Labute approximate surface area is 128 Å². The van der Waals surface area contributed by atoms with Crippen LogP contribution in [0.1, 0.15) is 16.8 Å². The van der Waals surface area contributed by atoms with Gasteiger partial charge in [-0.2, -0.15) is 0 Å². The average Bonchev–Trinajstić information content (AvgIpc) is 2.54. The van der Waals surface area contributed by atoms with E-state index in [9.17, 15) is 9.59 Å². The highest BCUT2D eigenvalue weighted by Gasteiger charge is 2.29. The molecule has 114 valence electrons. The number of carbonyl (C=O) groups excluding carboxylic acids is 1. The van der Waals surface area contributed by atoms with Crippen LogP contribution in [-0.4, -0.2) is 47.7 Å². The second-order valence-corrected chi connectivity index (χ2v) is 5.39. The van der Waals surface area contributed by atoms with E-state index in [1.54, 1.807) is 11.0 Å². The molecule has 0 saturated carbocycles. The Balaban J connectivity index is 1.87. The van der Waals surface area contributed by atoms with Gasteiger partial charge < -0.3 is 14.7 Å². The van der Waals surface area contributed by atoms with Crippen LogP contribution in [0.25, 0.3) is 10.8 Å². The predicted octanol–water partition coefficient (Wildman–Crippen LogP) is 2.16. The van der Waals surface area contributed by atoms with E-state index in [0.717, 1.165) is 10.8 Å². The monoisotopic (exact) mass is 299 g/mol. The fourth-order valence-corrected chi connectivity index (χ4v) is 2.78. The number of carboxylic acid groups (broad SMARTS) is 1. The van der Waals surface area contributed by atoms with Gasteiger partial charge in [0.25, 0.3) is 5.91 Å². The van der Waals surface area contributed by atoms with Gasteiger partial charge in [-0.1, -0.05) is 30.3 Å². The van der Waals surface area contributed by atoms with Crippen molar-refractivity contribution in [3.63, 3.8) is 0 Å². The maximum absolute atomic E-state index is 12.7. The molecule has 2 aromatic rings. The Hall–Kier alpha value is -2.40. The summed E-state index contributed by atoms with van der Waals surface area (Å²) < 4.78 is 5.31. The lowest BCUT2D eigenvalue weighted by atomic mass is 10.0. The van der Waals surface area contributed by atoms with Crippen LogP contribution in [0.15, 0.2) is 42.5 Å². The molecule has 2 aromatic carbocycles. The third kappa shape index (κ3) is 2.94. The van der Waals surface area contributed by atoms with E-state index < -0.39 is 12.0 Å². The highest BCUT2D eigenvalue weighted by Crippen LogP contribution is 2.19. The van der Waals surface area contributed by atoms with Crippen molar-refractivity contribution in [2.24, 2.45) is 0 Å². The van der Waals surface area contributed by atoms with E-state index >= 15 is 0 Å². The maximum atomic E-state index is 12.7. The van der Waals surface area contributed by atoms with Crippen LogP contribution in [0.3, 0.4) is 0 Å². The number of ether oxygens (including phenoxy) is 1. The summed E-state index contributed by atoms with van der Waals surface area (Å²) in [5, 5.41) is 11.1. The highest BCUT2D eigenvalue weighted by molar-refractivity contribution is 5.99. The Morgan fingerprint density at radius 3 is 2.73 bits per heavy atom. The first-order chi connectivity index (χ1) is 10.6. The van der Waals surface area contributed by atoms with E-state index in [0.29, 0.717) is 18.7 Å². The largest absolute Gasteiger partial charge is 0.481 e. The van der Waals surface area contributed by atoms with Gasteiger partial charge in [-0.15, -0.1) is 0 Å². The molecule has 22 heavy (non-hydrogen) atoms. The van der Waals surface area contributed by atoms with Crippen molar-refractivity contribution in [1.29, 1.82) is 0 Å². The number of amides is 1. The highest BCUT2D eigenvalue weighted by atomic mass is 16.5. The van der Waals surface area contributed by atoms with Crippen LogP contribution < -0.4 is 0 Å². The number of rotatable bonds is 3. The quantitative estimate of drug-likeness (QED) is 0.943. The lowest BCUT2D eigenvalue weighted by Gasteiger charge is -2.35. The van der Waals surface area contributed by atoms with Gasteiger partial charge in [0.2, 0.25) is 0 Å². The lowest BCUT2D eigenvalue weighted by Crippen LogP contribution is -2.49. The lowest BCUT2D eigenvalue weighted by molar-refractivity contribution is -0.139. The SMILES string of the molecule is O=C(O)CC1COCCN1C(=O)c1ccc2ccccc2c1. The van der Waals surface area contributed by atoms with Gasteiger partial charge in [0, 0.05) is 12.1 Å². The van der Waals surface area contributed by atoms with Crippen molar-refractivity contribution in [2.75, 3.05) is 19.8 Å². The molecule has 1 aliphatic rings. The number of nitrogens with zero attached hydrogens (tertiary/aromatic N) is 1. The first-order valence-corrected chi connectivity index (χ1v) is 7.24. The number of benzene rings is 2. The molecule has 1 heterocycles. The second kappa shape index (κ2) is 6.15. The molecule has 1 atom stereocenters. The number of hydrogen-bond donors (Lipinski definition) is 1.